The second-order valence-electron chi connectivity index (χ2n) is 5.22. The van der Waals surface area contributed by atoms with Crippen LogP contribution in [0.3, 0.4) is 0 Å². The molecular formula is C18H19BrN2O4. The quantitative estimate of drug-likeness (QED) is 0.544. The van der Waals surface area contributed by atoms with Gasteiger partial charge in [-0.25, -0.2) is 4.79 Å². The van der Waals surface area contributed by atoms with Gasteiger partial charge in [0.25, 0.3) is 5.91 Å². The fourth-order valence-electron chi connectivity index (χ4n) is 2.21. The van der Waals surface area contributed by atoms with Crippen LogP contribution in [0.4, 0.5) is 5.69 Å². The van der Waals surface area contributed by atoms with E-state index in [1.54, 1.807) is 25.3 Å². The lowest BCUT2D eigenvalue weighted by Gasteiger charge is -2.10. The Kier molecular flexibility index (Phi) is 6.82. The summed E-state index contributed by atoms with van der Waals surface area (Å²) >= 11 is 3.26. The number of halogens is 1. The molecule has 0 atom stereocenters. The minimum atomic E-state index is -0.640. The number of carbonyl (C=O) groups is 2. The number of hydrogen-bond donors (Lipinski definition) is 2. The maximum Gasteiger partial charge on any atom is 0.340 e. The molecule has 0 aliphatic rings. The summed E-state index contributed by atoms with van der Waals surface area (Å²) in [6, 6.07) is 12.4. The van der Waals surface area contributed by atoms with Crippen molar-refractivity contribution in [2.24, 2.45) is 0 Å². The van der Waals surface area contributed by atoms with E-state index in [0.717, 1.165) is 11.3 Å². The maximum atomic E-state index is 12.0. The van der Waals surface area contributed by atoms with E-state index in [9.17, 15) is 9.59 Å². The number of methoxy groups -OCH3 is 1. The van der Waals surface area contributed by atoms with Gasteiger partial charge in [0.15, 0.2) is 6.61 Å². The molecule has 0 bridgehead atoms. The van der Waals surface area contributed by atoms with Gasteiger partial charge in [-0.1, -0.05) is 34.1 Å². The van der Waals surface area contributed by atoms with Gasteiger partial charge in [0.1, 0.15) is 5.75 Å². The lowest BCUT2D eigenvalue weighted by molar-refractivity contribution is -0.124. The third-order valence-corrected chi connectivity index (χ3v) is 3.97. The molecule has 0 unspecified atom stereocenters. The summed E-state index contributed by atoms with van der Waals surface area (Å²) in [5.74, 6) is -0.246. The Labute approximate surface area is 154 Å². The van der Waals surface area contributed by atoms with Crippen molar-refractivity contribution in [3.63, 3.8) is 0 Å². The molecule has 0 radical (unpaired) electrons. The molecule has 132 valence electrons. The number of carbonyl (C=O) groups excluding carboxylic acids is 2. The molecule has 1 amide bonds. The molecule has 0 aliphatic heterocycles. The average molecular weight is 407 g/mol. The summed E-state index contributed by atoms with van der Waals surface area (Å²) in [6.07, 6.45) is 0.613. The van der Waals surface area contributed by atoms with Gasteiger partial charge in [-0.3, -0.25) is 4.79 Å². The largest absolute Gasteiger partial charge is 0.496 e. The van der Waals surface area contributed by atoms with Crippen LogP contribution in [0.5, 0.6) is 5.75 Å². The Morgan fingerprint density at radius 2 is 1.96 bits per heavy atom. The van der Waals surface area contributed by atoms with E-state index < -0.39 is 5.97 Å². The molecule has 0 aliphatic carbocycles. The van der Waals surface area contributed by atoms with Crippen molar-refractivity contribution >= 4 is 33.5 Å². The molecule has 6 nitrogen and oxygen atoms in total. The molecule has 2 aromatic rings. The summed E-state index contributed by atoms with van der Waals surface area (Å²) in [7, 11) is 1.60. The van der Waals surface area contributed by atoms with Crippen molar-refractivity contribution in [3.8, 4) is 5.75 Å². The topological polar surface area (TPSA) is 90.6 Å². The summed E-state index contributed by atoms with van der Waals surface area (Å²) in [5.41, 5.74) is 7.24. The highest BCUT2D eigenvalue weighted by atomic mass is 79.9. The van der Waals surface area contributed by atoms with Crippen LogP contribution in [-0.2, 0) is 16.0 Å². The van der Waals surface area contributed by atoms with Gasteiger partial charge in [0, 0.05) is 16.7 Å². The number of anilines is 1. The number of ether oxygens (including phenoxy) is 2. The van der Waals surface area contributed by atoms with Gasteiger partial charge in [0.2, 0.25) is 0 Å². The van der Waals surface area contributed by atoms with Gasteiger partial charge in [0.05, 0.1) is 12.7 Å². The van der Waals surface area contributed by atoms with E-state index in [-0.39, 0.29) is 18.1 Å². The van der Waals surface area contributed by atoms with E-state index in [4.69, 9.17) is 15.2 Å². The molecule has 3 N–H and O–H groups in total. The molecule has 0 aromatic heterocycles. The number of esters is 1. The Bertz CT molecular complexity index is 764. The van der Waals surface area contributed by atoms with E-state index in [2.05, 4.69) is 21.2 Å². The third kappa shape index (κ3) is 5.49. The number of rotatable bonds is 7. The summed E-state index contributed by atoms with van der Waals surface area (Å²) in [6.45, 7) is 0.0481. The number of nitrogen functional groups attached to an aromatic ring is 1. The van der Waals surface area contributed by atoms with Crippen LogP contribution in [0.1, 0.15) is 15.9 Å². The molecule has 7 heteroatoms. The van der Waals surface area contributed by atoms with Crippen molar-refractivity contribution in [1.29, 1.82) is 0 Å². The van der Waals surface area contributed by atoms with Gasteiger partial charge < -0.3 is 20.5 Å². The molecule has 2 aromatic carbocycles. The predicted molar refractivity (Wildman–Crippen MR) is 98.5 cm³/mol. The summed E-state index contributed by atoms with van der Waals surface area (Å²) in [4.78, 5) is 23.8. The van der Waals surface area contributed by atoms with E-state index in [0.29, 0.717) is 23.1 Å². The SMILES string of the molecule is COc1ccccc1CCNC(=O)COC(=O)c1cc(Br)ccc1N. The zero-order valence-corrected chi connectivity index (χ0v) is 15.3. The summed E-state index contributed by atoms with van der Waals surface area (Å²) in [5, 5.41) is 2.70. The molecule has 25 heavy (non-hydrogen) atoms. The number of benzene rings is 2. The van der Waals surface area contributed by atoms with Crippen LogP contribution < -0.4 is 15.8 Å². The average Bonchev–Trinajstić information content (AvgIpc) is 2.62. The van der Waals surface area contributed by atoms with Gasteiger partial charge in [-0.05, 0) is 36.2 Å². The highest BCUT2D eigenvalue weighted by Gasteiger charge is 2.13. The number of amides is 1. The van der Waals surface area contributed by atoms with E-state index >= 15 is 0 Å². The van der Waals surface area contributed by atoms with Crippen molar-refractivity contribution in [3.05, 3.63) is 58.1 Å². The minimum absolute atomic E-state index is 0.219. The Morgan fingerprint density at radius 1 is 1.20 bits per heavy atom. The first-order valence-corrected chi connectivity index (χ1v) is 8.41. The molecule has 0 saturated heterocycles. The molecular weight excluding hydrogens is 388 g/mol. The number of nitrogens with one attached hydrogen (secondary N) is 1. The smallest absolute Gasteiger partial charge is 0.340 e. The van der Waals surface area contributed by atoms with Crippen molar-refractivity contribution in [1.82, 2.24) is 5.32 Å². The lowest BCUT2D eigenvalue weighted by atomic mass is 10.1. The Morgan fingerprint density at radius 3 is 2.72 bits per heavy atom. The highest BCUT2D eigenvalue weighted by Crippen LogP contribution is 2.19. The highest BCUT2D eigenvalue weighted by molar-refractivity contribution is 9.10. The first kappa shape index (κ1) is 18.8. The van der Waals surface area contributed by atoms with Crippen LogP contribution >= 0.6 is 15.9 Å². The lowest BCUT2D eigenvalue weighted by Crippen LogP contribution is -2.30. The first-order chi connectivity index (χ1) is 12.0. The van der Waals surface area contributed by atoms with Gasteiger partial charge in [-0.2, -0.15) is 0 Å². The molecule has 0 saturated carbocycles. The normalized spacial score (nSPS) is 10.2. The molecule has 0 spiro atoms. The van der Waals surface area contributed by atoms with E-state index in [1.807, 2.05) is 24.3 Å². The Hall–Kier alpha value is -2.54. The molecule has 0 fully saturated rings. The van der Waals surface area contributed by atoms with Crippen molar-refractivity contribution < 1.29 is 19.1 Å². The molecule has 0 heterocycles. The van der Waals surface area contributed by atoms with Crippen LogP contribution in [0.25, 0.3) is 0 Å². The maximum absolute atomic E-state index is 12.0. The number of para-hydroxylation sites is 1. The minimum Gasteiger partial charge on any atom is -0.496 e. The van der Waals surface area contributed by atoms with Gasteiger partial charge in [-0.15, -0.1) is 0 Å². The second-order valence-corrected chi connectivity index (χ2v) is 6.14. The van der Waals surface area contributed by atoms with Gasteiger partial charge >= 0.3 is 5.97 Å². The van der Waals surface area contributed by atoms with Crippen molar-refractivity contribution in [2.45, 2.75) is 6.42 Å². The van der Waals surface area contributed by atoms with Crippen LogP contribution in [0.15, 0.2) is 46.9 Å². The molecule has 2 rings (SSSR count). The fourth-order valence-corrected chi connectivity index (χ4v) is 2.57. The van der Waals surface area contributed by atoms with Crippen LogP contribution in [0.2, 0.25) is 0 Å². The first-order valence-electron chi connectivity index (χ1n) is 7.62. The zero-order chi connectivity index (χ0) is 18.2. The fraction of sp³-hybridized carbons (Fsp3) is 0.222. The standard InChI is InChI=1S/C18H19BrN2O4/c1-24-16-5-3-2-4-12(16)8-9-21-17(22)11-25-18(23)14-10-13(19)6-7-15(14)20/h2-7,10H,8-9,11,20H2,1H3,(H,21,22). The zero-order valence-electron chi connectivity index (χ0n) is 13.8. The number of hydrogen-bond acceptors (Lipinski definition) is 5. The second kappa shape index (κ2) is 9.08. The number of nitrogens with two attached hydrogens (primary N) is 1. The van der Waals surface area contributed by atoms with Crippen LogP contribution in [0, 0.1) is 0 Å². The van der Waals surface area contributed by atoms with Crippen LogP contribution in [-0.4, -0.2) is 32.1 Å². The monoisotopic (exact) mass is 406 g/mol. The van der Waals surface area contributed by atoms with E-state index in [1.165, 1.54) is 0 Å². The predicted octanol–water partition coefficient (Wildman–Crippen LogP) is 2.56. The summed E-state index contributed by atoms with van der Waals surface area (Å²) < 4.78 is 11.0. The van der Waals surface area contributed by atoms with Crippen molar-refractivity contribution in [2.75, 3.05) is 26.0 Å². The third-order valence-electron chi connectivity index (χ3n) is 3.48. The Balaban J connectivity index is 1.79.